The number of carbonyl (C=O) groups excluding carboxylic acids is 1. The molecule has 2 aromatic rings. The second kappa shape index (κ2) is 9.43. The number of aliphatic hydroxyl groups is 1. The largest absolute Gasteiger partial charge is 0.382 e. The molecule has 0 fully saturated rings. The van der Waals surface area contributed by atoms with Crippen LogP contribution in [0.3, 0.4) is 0 Å². The monoisotopic (exact) mass is 374 g/mol. The smallest absolute Gasteiger partial charge is 0.165 e. The molecule has 0 bridgehead atoms. The Bertz CT molecular complexity index is 758. The fourth-order valence-electron chi connectivity index (χ4n) is 2.13. The van der Waals surface area contributed by atoms with Crippen LogP contribution in [0, 0.1) is 23.3 Å². The van der Waals surface area contributed by atoms with E-state index in [4.69, 9.17) is 0 Å². The lowest BCUT2D eigenvalue weighted by Gasteiger charge is -2.23. The van der Waals surface area contributed by atoms with Crippen LogP contribution in [0.5, 0.6) is 0 Å². The van der Waals surface area contributed by atoms with E-state index in [9.17, 15) is 31.9 Å². The lowest BCUT2D eigenvalue weighted by molar-refractivity contribution is 0.00409. The average Bonchev–Trinajstić information content (AvgIpc) is 2.61. The van der Waals surface area contributed by atoms with Gasteiger partial charge < -0.3 is 5.11 Å². The number of hydrogen-bond acceptors (Lipinski definition) is 2. The molecule has 0 saturated carbocycles. The summed E-state index contributed by atoms with van der Waals surface area (Å²) in [5.74, 6) is -3.44. The number of hydrogen-bond donors (Lipinski definition) is 1. The third-order valence-corrected chi connectivity index (χ3v) is 3.79. The van der Waals surface area contributed by atoms with Crippen LogP contribution in [0.15, 0.2) is 36.4 Å². The van der Waals surface area contributed by atoms with E-state index in [1.165, 1.54) is 6.92 Å². The van der Waals surface area contributed by atoms with Crippen LogP contribution in [0.25, 0.3) is 0 Å². The summed E-state index contributed by atoms with van der Waals surface area (Å²) in [6.07, 6.45) is 0.259. The average molecular weight is 374 g/mol. The van der Waals surface area contributed by atoms with Crippen molar-refractivity contribution in [3.05, 3.63) is 70.8 Å². The highest BCUT2D eigenvalue weighted by atomic mass is 19.1. The number of benzene rings is 2. The number of rotatable bonds is 5. The molecule has 2 aromatic carbocycles. The highest BCUT2D eigenvalue weighted by Gasteiger charge is 2.30. The maximum atomic E-state index is 13.2. The van der Waals surface area contributed by atoms with Crippen LogP contribution < -0.4 is 0 Å². The van der Waals surface area contributed by atoms with E-state index in [-0.39, 0.29) is 29.8 Å². The molecule has 2 rings (SSSR count). The molecule has 0 aromatic heterocycles. The second-order valence-corrected chi connectivity index (χ2v) is 5.54. The lowest BCUT2D eigenvalue weighted by Crippen LogP contribution is -2.28. The SMILES string of the molecule is CCC(=O)c1ccc(F)cc1F.CCC(O)(CF)c1ccc(F)cc1F. The van der Waals surface area contributed by atoms with Crippen molar-refractivity contribution in [3.8, 4) is 0 Å². The molecule has 142 valence electrons. The first-order valence-corrected chi connectivity index (χ1v) is 7.90. The van der Waals surface area contributed by atoms with Gasteiger partial charge in [0.1, 0.15) is 35.5 Å². The minimum Gasteiger partial charge on any atom is -0.382 e. The Morgan fingerprint density at radius 2 is 1.50 bits per heavy atom. The minimum absolute atomic E-state index is 0.0338. The zero-order valence-corrected chi connectivity index (χ0v) is 14.3. The lowest BCUT2D eigenvalue weighted by atomic mass is 9.92. The summed E-state index contributed by atoms with van der Waals surface area (Å²) in [5.41, 5.74) is -2.10. The predicted molar refractivity (Wildman–Crippen MR) is 87.5 cm³/mol. The molecule has 0 aliphatic rings. The van der Waals surface area contributed by atoms with Crippen LogP contribution in [0.1, 0.15) is 42.6 Å². The van der Waals surface area contributed by atoms with Crippen molar-refractivity contribution in [1.82, 2.24) is 0 Å². The summed E-state index contributed by atoms with van der Waals surface area (Å²) in [4.78, 5) is 11.0. The van der Waals surface area contributed by atoms with Gasteiger partial charge in [0.2, 0.25) is 0 Å². The summed E-state index contributed by atoms with van der Waals surface area (Å²) in [5, 5.41) is 9.63. The Kier molecular flexibility index (Phi) is 7.89. The number of carbonyl (C=O) groups is 1. The fourth-order valence-corrected chi connectivity index (χ4v) is 2.13. The third kappa shape index (κ3) is 5.36. The van der Waals surface area contributed by atoms with Crippen molar-refractivity contribution >= 4 is 5.78 Å². The number of ketones is 1. The number of Topliss-reactive ketones (excluding diaryl/α,β-unsaturated/α-hetero) is 1. The van der Waals surface area contributed by atoms with Crippen molar-refractivity contribution in [1.29, 1.82) is 0 Å². The van der Waals surface area contributed by atoms with E-state index in [0.717, 1.165) is 24.3 Å². The molecule has 1 unspecified atom stereocenters. The zero-order chi connectivity index (χ0) is 19.9. The summed E-state index contributed by atoms with van der Waals surface area (Å²) in [6.45, 7) is 2.07. The number of alkyl halides is 1. The highest BCUT2D eigenvalue weighted by molar-refractivity contribution is 5.96. The molecule has 26 heavy (non-hydrogen) atoms. The van der Waals surface area contributed by atoms with Gasteiger partial charge in [-0.2, -0.15) is 0 Å². The molecule has 0 aliphatic carbocycles. The Hall–Kier alpha value is -2.28. The molecular formula is C19H19F5O2. The first kappa shape index (κ1) is 21.8. The maximum absolute atomic E-state index is 13.2. The van der Waals surface area contributed by atoms with Crippen molar-refractivity contribution in [2.24, 2.45) is 0 Å². The van der Waals surface area contributed by atoms with E-state index in [1.807, 2.05) is 0 Å². The van der Waals surface area contributed by atoms with Gasteiger partial charge >= 0.3 is 0 Å². The second-order valence-electron chi connectivity index (χ2n) is 5.54. The first-order valence-electron chi connectivity index (χ1n) is 7.90. The molecule has 0 aliphatic heterocycles. The summed E-state index contributed by atoms with van der Waals surface area (Å²) < 4.78 is 63.4. The molecule has 0 radical (unpaired) electrons. The van der Waals surface area contributed by atoms with Gasteiger partial charge in [-0.25, -0.2) is 22.0 Å². The summed E-state index contributed by atoms with van der Waals surface area (Å²) >= 11 is 0. The van der Waals surface area contributed by atoms with Crippen molar-refractivity contribution in [2.45, 2.75) is 32.3 Å². The topological polar surface area (TPSA) is 37.3 Å². The van der Waals surface area contributed by atoms with Gasteiger partial charge in [0, 0.05) is 24.1 Å². The molecule has 2 nitrogen and oxygen atoms in total. The number of halogens is 5. The van der Waals surface area contributed by atoms with Crippen LogP contribution in [-0.4, -0.2) is 17.6 Å². The van der Waals surface area contributed by atoms with Gasteiger partial charge in [0.05, 0.1) is 5.56 Å². The molecule has 0 amide bonds. The van der Waals surface area contributed by atoms with Crippen molar-refractivity contribution in [3.63, 3.8) is 0 Å². The molecule has 7 heteroatoms. The third-order valence-electron chi connectivity index (χ3n) is 3.79. The van der Waals surface area contributed by atoms with Crippen LogP contribution in [0.4, 0.5) is 22.0 Å². The Balaban J connectivity index is 0.000000263. The van der Waals surface area contributed by atoms with Crippen molar-refractivity contribution < 1.29 is 31.9 Å². The van der Waals surface area contributed by atoms with E-state index >= 15 is 0 Å². The van der Waals surface area contributed by atoms with Gasteiger partial charge in [-0.1, -0.05) is 19.9 Å². The van der Waals surface area contributed by atoms with Gasteiger partial charge in [-0.3, -0.25) is 4.79 Å². The van der Waals surface area contributed by atoms with Gasteiger partial charge in [-0.15, -0.1) is 0 Å². The van der Waals surface area contributed by atoms with E-state index in [1.54, 1.807) is 6.92 Å². The quantitative estimate of drug-likeness (QED) is 0.585. The summed E-state index contributed by atoms with van der Waals surface area (Å²) in [7, 11) is 0. The van der Waals surface area contributed by atoms with Crippen LogP contribution >= 0.6 is 0 Å². The van der Waals surface area contributed by atoms with E-state index in [0.29, 0.717) is 12.1 Å². The van der Waals surface area contributed by atoms with E-state index in [2.05, 4.69) is 0 Å². The van der Waals surface area contributed by atoms with E-state index < -0.39 is 35.5 Å². The standard InChI is InChI=1S/C10H11F3O.C9H8F2O/c1-2-10(14,6-11)8-4-3-7(12)5-9(8)13;1-2-9(12)7-4-3-6(10)5-8(7)11/h3-5,14H,2,6H2,1H3;3-5H,2H2,1H3. The van der Waals surface area contributed by atoms with Crippen LogP contribution in [0.2, 0.25) is 0 Å². The molecule has 0 saturated heterocycles. The molecule has 0 heterocycles. The minimum atomic E-state index is -1.85. The van der Waals surface area contributed by atoms with Crippen LogP contribution in [-0.2, 0) is 5.60 Å². The van der Waals surface area contributed by atoms with Gasteiger partial charge in [0.15, 0.2) is 5.78 Å². The maximum Gasteiger partial charge on any atom is 0.165 e. The fraction of sp³-hybridized carbons (Fsp3) is 0.316. The Labute approximate surface area is 148 Å². The van der Waals surface area contributed by atoms with Gasteiger partial charge in [0.25, 0.3) is 0 Å². The highest BCUT2D eigenvalue weighted by Crippen LogP contribution is 2.28. The Morgan fingerprint density at radius 1 is 0.962 bits per heavy atom. The molecule has 0 spiro atoms. The van der Waals surface area contributed by atoms with Gasteiger partial charge in [-0.05, 0) is 24.6 Å². The zero-order valence-electron chi connectivity index (χ0n) is 14.3. The summed E-state index contributed by atoms with van der Waals surface area (Å²) in [6, 6.07) is 5.64. The molecule has 1 N–H and O–H groups in total. The predicted octanol–water partition coefficient (Wildman–Crippen LogP) is 5.09. The molecule has 1 atom stereocenters. The normalized spacial score (nSPS) is 12.8. The molecular weight excluding hydrogens is 355 g/mol. The Morgan fingerprint density at radius 3 is 1.92 bits per heavy atom. The van der Waals surface area contributed by atoms with Crippen molar-refractivity contribution in [2.75, 3.05) is 6.67 Å². The first-order chi connectivity index (χ1) is 12.2.